The highest BCUT2D eigenvalue weighted by molar-refractivity contribution is 5.77. The molecule has 5 heteroatoms. The third kappa shape index (κ3) is 3.39. The molecule has 0 atom stereocenters. The van der Waals surface area contributed by atoms with Gasteiger partial charge in [0.05, 0.1) is 6.54 Å². The second-order valence-corrected chi connectivity index (χ2v) is 6.26. The summed E-state index contributed by atoms with van der Waals surface area (Å²) >= 11 is 0. The number of aromatic nitrogens is 1. The van der Waals surface area contributed by atoms with Crippen molar-refractivity contribution in [3.8, 4) is 0 Å². The Morgan fingerprint density at radius 2 is 2.20 bits per heavy atom. The predicted octanol–water partition coefficient (Wildman–Crippen LogP) is 2.28. The molecule has 0 bridgehead atoms. The third-order valence-electron chi connectivity index (χ3n) is 3.30. The van der Waals surface area contributed by atoms with Crippen LogP contribution in [0.5, 0.6) is 0 Å². The van der Waals surface area contributed by atoms with Crippen molar-refractivity contribution in [1.82, 2.24) is 9.88 Å². The molecule has 0 unspecified atom stereocenters. The summed E-state index contributed by atoms with van der Waals surface area (Å²) in [6, 6.07) is 0. The van der Waals surface area contributed by atoms with E-state index in [4.69, 9.17) is 9.15 Å². The smallest absolute Gasteiger partial charge is 0.248 e. The molecule has 20 heavy (non-hydrogen) atoms. The van der Waals surface area contributed by atoms with Crippen LogP contribution in [0.4, 0.5) is 0 Å². The van der Waals surface area contributed by atoms with Gasteiger partial charge >= 0.3 is 0 Å². The van der Waals surface area contributed by atoms with Crippen molar-refractivity contribution in [2.24, 2.45) is 0 Å². The lowest BCUT2D eigenvalue weighted by atomic mass is 9.97. The summed E-state index contributed by atoms with van der Waals surface area (Å²) in [5.74, 6) is 1.71. The minimum Gasteiger partial charge on any atom is -0.445 e. The number of carbonyl (C=O) groups excluding carboxylic acids is 1. The summed E-state index contributed by atoms with van der Waals surface area (Å²) in [5, 5.41) is 0. The second-order valence-electron chi connectivity index (χ2n) is 6.26. The zero-order chi connectivity index (χ0) is 14.8. The average Bonchev–Trinajstić information content (AvgIpc) is 2.81. The van der Waals surface area contributed by atoms with Crippen LogP contribution in [0, 0.1) is 0 Å². The maximum atomic E-state index is 12.0. The van der Waals surface area contributed by atoms with E-state index in [0.29, 0.717) is 19.7 Å². The van der Waals surface area contributed by atoms with Crippen LogP contribution in [0.15, 0.2) is 4.42 Å². The molecule has 112 valence electrons. The van der Waals surface area contributed by atoms with Gasteiger partial charge in [-0.3, -0.25) is 4.79 Å². The van der Waals surface area contributed by atoms with E-state index in [1.165, 1.54) is 0 Å². The number of nitrogens with zero attached hydrogens (tertiary/aromatic N) is 2. The topological polar surface area (TPSA) is 55.6 Å². The number of carbonyl (C=O) groups is 1. The van der Waals surface area contributed by atoms with E-state index in [1.54, 1.807) is 4.90 Å². The van der Waals surface area contributed by atoms with Gasteiger partial charge in [-0.25, -0.2) is 4.98 Å². The van der Waals surface area contributed by atoms with Gasteiger partial charge in [0.25, 0.3) is 0 Å². The first-order valence-electron chi connectivity index (χ1n) is 7.26. The molecule has 2 heterocycles. The van der Waals surface area contributed by atoms with Crippen LogP contribution >= 0.6 is 0 Å². The van der Waals surface area contributed by atoms with Crippen molar-refractivity contribution < 1.29 is 13.9 Å². The zero-order valence-electron chi connectivity index (χ0n) is 12.9. The first kappa shape index (κ1) is 15.0. The van der Waals surface area contributed by atoms with Gasteiger partial charge in [-0.15, -0.1) is 0 Å². The van der Waals surface area contributed by atoms with Crippen molar-refractivity contribution in [2.75, 3.05) is 19.8 Å². The molecule has 0 aliphatic carbocycles. The van der Waals surface area contributed by atoms with Crippen LogP contribution in [0.3, 0.4) is 0 Å². The molecular formula is C15H24N2O3. The van der Waals surface area contributed by atoms with Gasteiger partial charge in [0.2, 0.25) is 5.91 Å². The Kier molecular flexibility index (Phi) is 4.48. The van der Waals surface area contributed by atoms with Gasteiger partial charge in [-0.2, -0.15) is 0 Å². The fraction of sp³-hybridized carbons (Fsp3) is 0.733. The third-order valence-corrected chi connectivity index (χ3v) is 3.30. The van der Waals surface area contributed by atoms with Gasteiger partial charge in [-0.1, -0.05) is 27.7 Å². The first-order valence-corrected chi connectivity index (χ1v) is 7.26. The van der Waals surface area contributed by atoms with E-state index in [2.05, 4.69) is 25.8 Å². The Morgan fingerprint density at radius 3 is 2.85 bits per heavy atom. The lowest BCUT2D eigenvalue weighted by Gasteiger charge is -2.25. The van der Waals surface area contributed by atoms with Crippen LogP contribution in [0.2, 0.25) is 0 Å². The van der Waals surface area contributed by atoms with Crippen molar-refractivity contribution >= 4 is 5.91 Å². The molecule has 0 fully saturated rings. The Labute approximate surface area is 120 Å². The maximum absolute atomic E-state index is 12.0. The number of amides is 1. The molecule has 1 aromatic rings. The molecule has 0 radical (unpaired) electrons. The van der Waals surface area contributed by atoms with Gasteiger partial charge in [0, 0.05) is 25.0 Å². The van der Waals surface area contributed by atoms with E-state index >= 15 is 0 Å². The number of hydrogen-bond acceptors (Lipinski definition) is 4. The van der Waals surface area contributed by atoms with Crippen LogP contribution in [0.1, 0.15) is 51.5 Å². The van der Waals surface area contributed by atoms with Crippen LogP contribution in [-0.4, -0.2) is 35.5 Å². The Balaban J connectivity index is 2.00. The normalized spacial score (nSPS) is 15.3. The van der Waals surface area contributed by atoms with Crippen molar-refractivity contribution in [1.29, 1.82) is 0 Å². The van der Waals surface area contributed by atoms with Crippen molar-refractivity contribution in [2.45, 2.75) is 52.5 Å². The molecule has 2 rings (SSSR count). The van der Waals surface area contributed by atoms with Crippen molar-refractivity contribution in [3.63, 3.8) is 0 Å². The lowest BCUT2D eigenvalue weighted by molar-refractivity contribution is -0.137. The highest BCUT2D eigenvalue weighted by Gasteiger charge is 2.28. The Morgan fingerprint density at radius 1 is 1.45 bits per heavy atom. The highest BCUT2D eigenvalue weighted by Crippen LogP contribution is 2.27. The fourth-order valence-electron chi connectivity index (χ4n) is 2.13. The SMILES string of the molecule is CCCOCC(=O)N1CCc2oc(C(C)(C)C)nc2C1. The summed E-state index contributed by atoms with van der Waals surface area (Å²) in [7, 11) is 0. The first-order chi connectivity index (χ1) is 9.41. The summed E-state index contributed by atoms with van der Waals surface area (Å²) in [4.78, 5) is 18.4. The molecule has 0 saturated heterocycles. The molecule has 0 spiro atoms. The maximum Gasteiger partial charge on any atom is 0.248 e. The lowest BCUT2D eigenvalue weighted by Crippen LogP contribution is -2.38. The number of ether oxygens (including phenoxy) is 1. The number of rotatable bonds is 4. The molecule has 0 saturated carbocycles. The van der Waals surface area contributed by atoms with Crippen LogP contribution < -0.4 is 0 Å². The van der Waals surface area contributed by atoms with Crippen molar-refractivity contribution in [3.05, 3.63) is 17.3 Å². The summed E-state index contributed by atoms with van der Waals surface area (Å²) < 4.78 is 11.1. The molecule has 1 aromatic heterocycles. The summed E-state index contributed by atoms with van der Waals surface area (Å²) in [6.45, 7) is 10.3. The molecule has 1 amide bonds. The van der Waals surface area contributed by atoms with E-state index < -0.39 is 0 Å². The second kappa shape index (κ2) is 5.95. The van der Waals surface area contributed by atoms with E-state index in [9.17, 15) is 4.79 Å². The number of fused-ring (bicyclic) bond motifs is 1. The molecule has 0 N–H and O–H groups in total. The Bertz CT molecular complexity index is 474. The zero-order valence-corrected chi connectivity index (χ0v) is 12.9. The van der Waals surface area contributed by atoms with E-state index in [-0.39, 0.29) is 17.9 Å². The fourth-order valence-corrected chi connectivity index (χ4v) is 2.13. The highest BCUT2D eigenvalue weighted by atomic mass is 16.5. The number of hydrogen-bond donors (Lipinski definition) is 0. The molecular weight excluding hydrogens is 256 g/mol. The Hall–Kier alpha value is -1.36. The minimum atomic E-state index is -0.101. The predicted molar refractivity (Wildman–Crippen MR) is 75.4 cm³/mol. The summed E-state index contributed by atoms with van der Waals surface area (Å²) in [6.07, 6.45) is 1.66. The van der Waals surface area contributed by atoms with Crippen LogP contribution in [0.25, 0.3) is 0 Å². The quantitative estimate of drug-likeness (QED) is 0.794. The molecule has 1 aliphatic rings. The molecule has 0 aromatic carbocycles. The minimum absolute atomic E-state index is 0.0319. The molecule has 5 nitrogen and oxygen atoms in total. The van der Waals surface area contributed by atoms with Gasteiger partial charge in [-0.05, 0) is 6.42 Å². The van der Waals surface area contributed by atoms with Crippen LogP contribution in [-0.2, 0) is 27.9 Å². The van der Waals surface area contributed by atoms with E-state index in [1.807, 2.05) is 6.92 Å². The number of oxazole rings is 1. The van der Waals surface area contributed by atoms with E-state index in [0.717, 1.165) is 30.2 Å². The average molecular weight is 280 g/mol. The van der Waals surface area contributed by atoms with Gasteiger partial charge in [0.1, 0.15) is 18.1 Å². The largest absolute Gasteiger partial charge is 0.445 e. The van der Waals surface area contributed by atoms with Gasteiger partial charge in [0.15, 0.2) is 5.89 Å². The monoisotopic (exact) mass is 280 g/mol. The standard InChI is InChI=1S/C15H24N2O3/c1-5-8-19-10-13(18)17-7-6-12-11(9-17)16-14(20-12)15(2,3)4/h5-10H2,1-4H3. The molecule has 1 aliphatic heterocycles. The summed E-state index contributed by atoms with van der Waals surface area (Å²) in [5.41, 5.74) is 0.793. The van der Waals surface area contributed by atoms with Gasteiger partial charge < -0.3 is 14.1 Å².